The van der Waals surface area contributed by atoms with Gasteiger partial charge in [-0.1, -0.05) is 23.7 Å². The number of carboxylic acids is 1. The molecule has 1 amide bonds. The molecule has 1 aliphatic rings. The van der Waals surface area contributed by atoms with Crippen molar-refractivity contribution in [2.45, 2.75) is 6.54 Å². The Bertz CT molecular complexity index is 787. The van der Waals surface area contributed by atoms with E-state index in [0.29, 0.717) is 23.8 Å². The van der Waals surface area contributed by atoms with E-state index in [2.05, 4.69) is 4.90 Å². The summed E-state index contributed by atoms with van der Waals surface area (Å²) in [4.78, 5) is 27.6. The smallest absolute Gasteiger partial charge is 0.323 e. The molecule has 142 valence electrons. The van der Waals surface area contributed by atoms with Crippen molar-refractivity contribution in [2.75, 3.05) is 37.7 Å². The molecule has 1 N–H and O–H groups in total. The SMILES string of the molecule is O=C(O)CN(Cc1ccc(Cl)cc1)C(=O)c1ccc(N2CCOCC2)cc1. The van der Waals surface area contributed by atoms with Crippen LogP contribution >= 0.6 is 11.6 Å². The van der Waals surface area contributed by atoms with Gasteiger partial charge in [0, 0.05) is 35.9 Å². The van der Waals surface area contributed by atoms with Crippen LogP contribution < -0.4 is 4.90 Å². The summed E-state index contributed by atoms with van der Waals surface area (Å²) in [5, 5.41) is 9.77. The Balaban J connectivity index is 1.74. The van der Waals surface area contributed by atoms with Crippen molar-refractivity contribution in [3.8, 4) is 0 Å². The molecule has 27 heavy (non-hydrogen) atoms. The normalized spacial score (nSPS) is 14.0. The van der Waals surface area contributed by atoms with Gasteiger partial charge in [-0.2, -0.15) is 0 Å². The number of rotatable bonds is 6. The molecule has 0 aliphatic carbocycles. The van der Waals surface area contributed by atoms with E-state index in [1.165, 1.54) is 4.90 Å². The van der Waals surface area contributed by atoms with Gasteiger partial charge < -0.3 is 19.6 Å². The molecule has 0 spiro atoms. The van der Waals surface area contributed by atoms with Crippen LogP contribution in [0.4, 0.5) is 5.69 Å². The fourth-order valence-corrected chi connectivity index (χ4v) is 3.12. The molecule has 0 saturated carbocycles. The molecule has 0 atom stereocenters. The maximum Gasteiger partial charge on any atom is 0.323 e. The molecule has 0 aromatic heterocycles. The van der Waals surface area contributed by atoms with Gasteiger partial charge in [0.2, 0.25) is 0 Å². The fourth-order valence-electron chi connectivity index (χ4n) is 2.99. The van der Waals surface area contributed by atoms with Gasteiger partial charge in [-0.25, -0.2) is 0 Å². The maximum absolute atomic E-state index is 12.8. The van der Waals surface area contributed by atoms with Crippen LogP contribution in [0.25, 0.3) is 0 Å². The van der Waals surface area contributed by atoms with Crippen molar-refractivity contribution in [1.29, 1.82) is 0 Å². The average molecular weight is 389 g/mol. The van der Waals surface area contributed by atoms with E-state index in [9.17, 15) is 14.7 Å². The van der Waals surface area contributed by atoms with Gasteiger partial charge in [-0.05, 0) is 42.0 Å². The van der Waals surface area contributed by atoms with Crippen LogP contribution in [0.1, 0.15) is 15.9 Å². The van der Waals surface area contributed by atoms with Crippen LogP contribution in [0, 0.1) is 0 Å². The van der Waals surface area contributed by atoms with Crippen molar-refractivity contribution >= 4 is 29.2 Å². The molecule has 1 fully saturated rings. The highest BCUT2D eigenvalue weighted by Gasteiger charge is 2.20. The number of anilines is 1. The molecule has 7 heteroatoms. The third-order valence-corrected chi connectivity index (χ3v) is 4.64. The predicted octanol–water partition coefficient (Wildman–Crippen LogP) is 2.90. The zero-order valence-corrected chi connectivity index (χ0v) is 15.6. The first-order chi connectivity index (χ1) is 13.0. The number of hydrogen-bond acceptors (Lipinski definition) is 4. The third-order valence-electron chi connectivity index (χ3n) is 4.39. The second-order valence-electron chi connectivity index (χ2n) is 6.33. The summed E-state index contributed by atoms with van der Waals surface area (Å²) >= 11 is 5.88. The Morgan fingerprint density at radius 3 is 2.26 bits per heavy atom. The number of benzene rings is 2. The molecule has 3 rings (SSSR count). The van der Waals surface area contributed by atoms with Gasteiger partial charge in [-0.3, -0.25) is 9.59 Å². The highest BCUT2D eigenvalue weighted by molar-refractivity contribution is 6.30. The summed E-state index contributed by atoms with van der Waals surface area (Å²) in [6, 6.07) is 14.3. The second-order valence-corrected chi connectivity index (χ2v) is 6.76. The number of nitrogens with zero attached hydrogens (tertiary/aromatic N) is 2. The van der Waals surface area contributed by atoms with Gasteiger partial charge in [0.25, 0.3) is 5.91 Å². The molecule has 1 heterocycles. The predicted molar refractivity (Wildman–Crippen MR) is 103 cm³/mol. The first-order valence-corrected chi connectivity index (χ1v) is 9.09. The number of carbonyl (C=O) groups is 2. The van der Waals surface area contributed by atoms with Crippen molar-refractivity contribution in [1.82, 2.24) is 4.90 Å². The summed E-state index contributed by atoms with van der Waals surface area (Å²) in [6.45, 7) is 2.84. The number of carbonyl (C=O) groups excluding carboxylic acids is 1. The number of aliphatic carboxylic acids is 1. The molecule has 2 aromatic rings. The Kier molecular flexibility index (Phi) is 6.32. The standard InChI is InChI=1S/C20H21ClN2O4/c21-17-5-1-15(2-6-17)13-23(14-19(24)25)20(26)16-3-7-18(8-4-16)22-9-11-27-12-10-22/h1-8H,9-14H2,(H,24,25). The zero-order valence-electron chi connectivity index (χ0n) is 14.8. The van der Waals surface area contributed by atoms with Crippen molar-refractivity contribution in [3.05, 3.63) is 64.7 Å². The van der Waals surface area contributed by atoms with Crippen LogP contribution in [-0.2, 0) is 16.1 Å². The lowest BCUT2D eigenvalue weighted by Crippen LogP contribution is -2.36. The number of carboxylic acid groups (broad SMARTS) is 1. The van der Waals surface area contributed by atoms with Gasteiger partial charge >= 0.3 is 5.97 Å². The molecule has 0 radical (unpaired) electrons. The molecule has 1 aliphatic heterocycles. The van der Waals surface area contributed by atoms with Gasteiger partial charge in [-0.15, -0.1) is 0 Å². The quantitative estimate of drug-likeness (QED) is 0.824. The summed E-state index contributed by atoms with van der Waals surface area (Å²) in [6.07, 6.45) is 0. The van der Waals surface area contributed by atoms with Crippen LogP contribution in [0.5, 0.6) is 0 Å². The van der Waals surface area contributed by atoms with E-state index in [1.54, 1.807) is 36.4 Å². The minimum absolute atomic E-state index is 0.202. The lowest BCUT2D eigenvalue weighted by atomic mass is 10.1. The summed E-state index contributed by atoms with van der Waals surface area (Å²) in [5.74, 6) is -1.37. The summed E-state index contributed by atoms with van der Waals surface area (Å²) < 4.78 is 5.35. The Hall–Kier alpha value is -2.57. The number of ether oxygens (including phenoxy) is 1. The Morgan fingerprint density at radius 2 is 1.67 bits per heavy atom. The number of amides is 1. The Morgan fingerprint density at radius 1 is 1.04 bits per heavy atom. The minimum atomic E-state index is -1.05. The maximum atomic E-state index is 12.8. The highest BCUT2D eigenvalue weighted by Crippen LogP contribution is 2.19. The molecule has 2 aromatic carbocycles. The number of halogens is 1. The molecular formula is C20H21ClN2O4. The average Bonchev–Trinajstić information content (AvgIpc) is 2.69. The van der Waals surface area contributed by atoms with Gasteiger partial charge in [0.1, 0.15) is 6.54 Å². The zero-order chi connectivity index (χ0) is 19.2. The first kappa shape index (κ1) is 19.2. The van der Waals surface area contributed by atoms with E-state index >= 15 is 0 Å². The van der Waals surface area contributed by atoms with Crippen LogP contribution in [0.2, 0.25) is 5.02 Å². The second kappa shape index (κ2) is 8.88. The summed E-state index contributed by atoms with van der Waals surface area (Å²) in [7, 11) is 0. The lowest BCUT2D eigenvalue weighted by Gasteiger charge is -2.29. The fraction of sp³-hybridized carbons (Fsp3) is 0.300. The molecule has 0 unspecified atom stereocenters. The van der Waals surface area contributed by atoms with Crippen LogP contribution in [0.15, 0.2) is 48.5 Å². The van der Waals surface area contributed by atoms with E-state index in [-0.39, 0.29) is 19.0 Å². The van der Waals surface area contributed by atoms with E-state index in [0.717, 1.165) is 24.3 Å². The monoisotopic (exact) mass is 388 g/mol. The number of morpholine rings is 1. The third kappa shape index (κ3) is 5.21. The van der Waals surface area contributed by atoms with Gasteiger partial charge in [0.05, 0.1) is 13.2 Å². The number of hydrogen-bond donors (Lipinski definition) is 1. The molecule has 1 saturated heterocycles. The van der Waals surface area contributed by atoms with Gasteiger partial charge in [0.15, 0.2) is 0 Å². The minimum Gasteiger partial charge on any atom is -0.480 e. The first-order valence-electron chi connectivity index (χ1n) is 8.71. The topological polar surface area (TPSA) is 70.1 Å². The van der Waals surface area contributed by atoms with Crippen LogP contribution in [-0.4, -0.2) is 54.7 Å². The molecule has 6 nitrogen and oxygen atoms in total. The largest absolute Gasteiger partial charge is 0.480 e. The lowest BCUT2D eigenvalue weighted by molar-refractivity contribution is -0.137. The van der Waals surface area contributed by atoms with E-state index in [1.807, 2.05) is 12.1 Å². The van der Waals surface area contributed by atoms with E-state index in [4.69, 9.17) is 16.3 Å². The molecule has 0 bridgehead atoms. The highest BCUT2D eigenvalue weighted by atomic mass is 35.5. The van der Waals surface area contributed by atoms with E-state index < -0.39 is 5.97 Å². The Labute approximate surface area is 162 Å². The van der Waals surface area contributed by atoms with Crippen LogP contribution in [0.3, 0.4) is 0 Å². The van der Waals surface area contributed by atoms with Crippen molar-refractivity contribution in [2.24, 2.45) is 0 Å². The molecular weight excluding hydrogens is 368 g/mol. The van der Waals surface area contributed by atoms with Crippen molar-refractivity contribution < 1.29 is 19.4 Å². The van der Waals surface area contributed by atoms with Crippen molar-refractivity contribution in [3.63, 3.8) is 0 Å². The summed E-state index contributed by atoms with van der Waals surface area (Å²) in [5.41, 5.74) is 2.30.